The second kappa shape index (κ2) is 6.72. The minimum atomic E-state index is 0.390. The van der Waals surface area contributed by atoms with Crippen molar-refractivity contribution in [2.24, 2.45) is 0 Å². The number of unbranched alkanes of at least 4 members (excludes halogenated alkanes) is 4. The van der Waals surface area contributed by atoms with E-state index >= 15 is 0 Å². The summed E-state index contributed by atoms with van der Waals surface area (Å²) >= 11 is 0. The molecule has 0 aromatic carbocycles. The fourth-order valence-corrected chi connectivity index (χ4v) is 1.94. The largest absolute Gasteiger partial charge is 0.368 e. The minimum Gasteiger partial charge on any atom is -0.368 e. The molecule has 0 aliphatic carbocycles. The van der Waals surface area contributed by atoms with Crippen molar-refractivity contribution in [2.45, 2.75) is 44.9 Å². The first kappa shape index (κ1) is 13.3. The SMILES string of the molecule is Nc1nc(CCCCCCCc2n[nH]c(N)n2)n[nH]1. The van der Waals surface area contributed by atoms with Crippen LogP contribution in [0.2, 0.25) is 0 Å². The summed E-state index contributed by atoms with van der Waals surface area (Å²) in [7, 11) is 0. The van der Waals surface area contributed by atoms with Crippen molar-refractivity contribution < 1.29 is 0 Å². The molecule has 104 valence electrons. The zero-order valence-corrected chi connectivity index (χ0v) is 10.9. The van der Waals surface area contributed by atoms with Gasteiger partial charge in [0.15, 0.2) is 11.6 Å². The number of anilines is 2. The van der Waals surface area contributed by atoms with E-state index in [1.807, 2.05) is 0 Å². The Hall–Kier alpha value is -2.12. The van der Waals surface area contributed by atoms with Gasteiger partial charge in [0.2, 0.25) is 11.9 Å². The molecule has 0 bridgehead atoms. The number of nitrogen functional groups attached to an aromatic ring is 2. The van der Waals surface area contributed by atoms with Crippen LogP contribution < -0.4 is 11.5 Å². The molecule has 0 fully saturated rings. The van der Waals surface area contributed by atoms with Crippen LogP contribution in [0.25, 0.3) is 0 Å². The van der Waals surface area contributed by atoms with Gasteiger partial charge in [0.05, 0.1) is 0 Å². The number of rotatable bonds is 8. The van der Waals surface area contributed by atoms with Gasteiger partial charge in [0.25, 0.3) is 0 Å². The molecule has 0 atom stereocenters. The van der Waals surface area contributed by atoms with Crippen molar-refractivity contribution in [2.75, 3.05) is 11.5 Å². The molecule has 2 heterocycles. The fourth-order valence-electron chi connectivity index (χ4n) is 1.94. The summed E-state index contributed by atoms with van der Waals surface area (Å²) in [5, 5.41) is 13.3. The molecule has 0 saturated carbocycles. The van der Waals surface area contributed by atoms with E-state index in [1.165, 1.54) is 19.3 Å². The molecule has 2 aromatic rings. The molecule has 19 heavy (non-hydrogen) atoms. The van der Waals surface area contributed by atoms with Crippen LogP contribution in [0.1, 0.15) is 43.8 Å². The van der Waals surface area contributed by atoms with Gasteiger partial charge in [-0.25, -0.2) is 10.2 Å². The molecule has 0 saturated heterocycles. The number of aromatic amines is 2. The molecule has 0 amide bonds. The Labute approximate surface area is 111 Å². The molecule has 8 heteroatoms. The van der Waals surface area contributed by atoms with Crippen LogP contribution in [0.5, 0.6) is 0 Å². The van der Waals surface area contributed by atoms with Crippen LogP contribution in [0.3, 0.4) is 0 Å². The Morgan fingerprint density at radius 3 is 1.47 bits per heavy atom. The summed E-state index contributed by atoms with van der Waals surface area (Å²) in [5.41, 5.74) is 10.9. The van der Waals surface area contributed by atoms with Gasteiger partial charge < -0.3 is 11.5 Å². The van der Waals surface area contributed by atoms with Crippen LogP contribution in [-0.2, 0) is 12.8 Å². The number of H-pyrrole nitrogens is 2. The smallest absolute Gasteiger partial charge is 0.216 e. The monoisotopic (exact) mass is 264 g/mol. The Morgan fingerprint density at radius 1 is 0.684 bits per heavy atom. The molecule has 0 unspecified atom stereocenters. The molecule has 0 spiro atoms. The predicted molar refractivity (Wildman–Crippen MR) is 72.1 cm³/mol. The first-order chi connectivity index (χ1) is 9.24. The van der Waals surface area contributed by atoms with E-state index in [4.69, 9.17) is 11.5 Å². The highest BCUT2D eigenvalue weighted by Crippen LogP contribution is 2.08. The van der Waals surface area contributed by atoms with Crippen molar-refractivity contribution >= 4 is 11.9 Å². The quantitative estimate of drug-likeness (QED) is 0.521. The van der Waals surface area contributed by atoms with Crippen LogP contribution in [0.15, 0.2) is 0 Å². The third kappa shape index (κ3) is 4.57. The normalized spacial score (nSPS) is 10.9. The van der Waals surface area contributed by atoms with E-state index < -0.39 is 0 Å². The molecular formula is C11H20N8. The lowest BCUT2D eigenvalue weighted by atomic mass is 10.1. The highest BCUT2D eigenvalue weighted by Gasteiger charge is 2.01. The third-order valence-corrected chi connectivity index (χ3v) is 2.90. The Balaban J connectivity index is 1.48. The van der Waals surface area contributed by atoms with Crippen molar-refractivity contribution in [3.63, 3.8) is 0 Å². The van der Waals surface area contributed by atoms with Gasteiger partial charge in [0, 0.05) is 12.8 Å². The zero-order valence-electron chi connectivity index (χ0n) is 10.9. The highest BCUT2D eigenvalue weighted by atomic mass is 15.3. The van der Waals surface area contributed by atoms with E-state index in [1.54, 1.807) is 0 Å². The van der Waals surface area contributed by atoms with Gasteiger partial charge in [-0.15, -0.1) is 0 Å². The van der Waals surface area contributed by atoms with Gasteiger partial charge in [-0.3, -0.25) is 0 Å². The average molecular weight is 264 g/mol. The number of aryl methyl sites for hydroxylation is 2. The molecule has 6 N–H and O–H groups in total. The van der Waals surface area contributed by atoms with Crippen LogP contribution >= 0.6 is 0 Å². The molecule has 0 aliphatic rings. The van der Waals surface area contributed by atoms with Gasteiger partial charge in [0.1, 0.15) is 0 Å². The van der Waals surface area contributed by atoms with Crippen molar-refractivity contribution in [3.05, 3.63) is 11.6 Å². The number of hydrogen-bond acceptors (Lipinski definition) is 6. The number of nitrogens with one attached hydrogen (secondary N) is 2. The van der Waals surface area contributed by atoms with Gasteiger partial charge in [-0.05, 0) is 12.8 Å². The summed E-state index contributed by atoms with van der Waals surface area (Å²) in [6.45, 7) is 0. The van der Waals surface area contributed by atoms with Gasteiger partial charge in [-0.2, -0.15) is 20.2 Å². The van der Waals surface area contributed by atoms with Gasteiger partial charge >= 0.3 is 0 Å². The molecular weight excluding hydrogens is 244 g/mol. The molecule has 0 aliphatic heterocycles. The topological polar surface area (TPSA) is 135 Å². The van der Waals surface area contributed by atoms with Gasteiger partial charge in [-0.1, -0.05) is 19.3 Å². The molecule has 0 radical (unpaired) electrons. The molecule has 2 aromatic heterocycles. The predicted octanol–water partition coefficient (Wildman–Crippen LogP) is 0.823. The summed E-state index contributed by atoms with van der Waals surface area (Å²) in [6.07, 6.45) is 7.47. The number of nitrogens with zero attached hydrogens (tertiary/aromatic N) is 4. The van der Waals surface area contributed by atoms with E-state index in [-0.39, 0.29) is 0 Å². The summed E-state index contributed by atoms with van der Waals surface area (Å²) < 4.78 is 0. The number of aromatic nitrogens is 6. The van der Waals surface area contributed by atoms with Crippen molar-refractivity contribution in [1.82, 2.24) is 30.4 Å². The van der Waals surface area contributed by atoms with Crippen molar-refractivity contribution in [1.29, 1.82) is 0 Å². The minimum absolute atomic E-state index is 0.390. The maximum Gasteiger partial charge on any atom is 0.216 e. The van der Waals surface area contributed by atoms with Crippen LogP contribution in [0.4, 0.5) is 11.9 Å². The van der Waals surface area contributed by atoms with E-state index in [9.17, 15) is 0 Å². The fraction of sp³-hybridized carbons (Fsp3) is 0.636. The maximum atomic E-state index is 5.45. The summed E-state index contributed by atoms with van der Waals surface area (Å²) in [6, 6.07) is 0. The lowest BCUT2D eigenvalue weighted by Gasteiger charge is -1.99. The first-order valence-electron chi connectivity index (χ1n) is 6.57. The lowest BCUT2D eigenvalue weighted by Crippen LogP contribution is -1.92. The highest BCUT2D eigenvalue weighted by molar-refractivity contribution is 5.12. The van der Waals surface area contributed by atoms with E-state index in [2.05, 4.69) is 30.4 Å². The number of hydrogen-bond donors (Lipinski definition) is 4. The van der Waals surface area contributed by atoms with Crippen LogP contribution in [0, 0.1) is 0 Å². The second-order valence-corrected chi connectivity index (χ2v) is 4.54. The maximum absolute atomic E-state index is 5.45. The zero-order chi connectivity index (χ0) is 13.5. The Kier molecular flexibility index (Phi) is 4.71. The second-order valence-electron chi connectivity index (χ2n) is 4.54. The third-order valence-electron chi connectivity index (χ3n) is 2.90. The lowest BCUT2D eigenvalue weighted by molar-refractivity contribution is 0.601. The first-order valence-corrected chi connectivity index (χ1v) is 6.57. The van der Waals surface area contributed by atoms with E-state index in [0.29, 0.717) is 11.9 Å². The van der Waals surface area contributed by atoms with Crippen molar-refractivity contribution in [3.8, 4) is 0 Å². The van der Waals surface area contributed by atoms with E-state index in [0.717, 1.165) is 37.3 Å². The Bertz CT molecular complexity index is 444. The number of nitrogens with two attached hydrogens (primary N) is 2. The molecule has 8 nitrogen and oxygen atoms in total. The Morgan fingerprint density at radius 2 is 1.11 bits per heavy atom. The van der Waals surface area contributed by atoms with Crippen LogP contribution in [-0.4, -0.2) is 30.4 Å². The summed E-state index contributed by atoms with van der Waals surface area (Å²) in [4.78, 5) is 8.13. The molecule has 2 rings (SSSR count). The summed E-state index contributed by atoms with van der Waals surface area (Å²) in [5.74, 6) is 2.38. The standard InChI is InChI=1S/C11H20N8/c12-10-14-8(16-18-10)6-4-2-1-3-5-7-9-15-11(13)19-17-9/h1-7H2,(H3,12,14,16,18)(H3,13,15,17,19). The average Bonchev–Trinajstić information content (AvgIpc) is 2.97.